The minimum absolute atomic E-state index is 0. The molecule has 0 aromatic heterocycles. The van der Waals surface area contributed by atoms with E-state index in [0.717, 1.165) is 70.6 Å². The van der Waals surface area contributed by atoms with E-state index in [4.69, 9.17) is 5.73 Å². The van der Waals surface area contributed by atoms with E-state index in [9.17, 15) is 4.79 Å². The standard InChI is InChI=1S/C19H32N4O.3ClH/c1-22-11-13-23(14-12-22)16-17-7-6-8-18(15-17)21-19(24)9-4-2-3-5-10-20;;;/h6-8,15H,2-5,9-14,16,20H2,1H3,(H,21,24);3*1H. The Morgan fingerprint density at radius 2 is 1.70 bits per heavy atom. The maximum absolute atomic E-state index is 12.0. The molecule has 1 fully saturated rings. The molecule has 1 saturated heterocycles. The van der Waals surface area contributed by atoms with Crippen molar-refractivity contribution in [3.63, 3.8) is 0 Å². The van der Waals surface area contributed by atoms with Gasteiger partial charge in [0.25, 0.3) is 0 Å². The number of rotatable bonds is 9. The Hall–Kier alpha value is -0.560. The van der Waals surface area contributed by atoms with Crippen LogP contribution in [0.5, 0.6) is 0 Å². The Bertz CT molecular complexity index is 511. The number of nitrogens with two attached hydrogens (primary N) is 1. The number of unbranched alkanes of at least 4 members (excludes halogenated alkanes) is 3. The fourth-order valence-electron chi connectivity index (χ4n) is 3.02. The van der Waals surface area contributed by atoms with Gasteiger partial charge in [-0.2, -0.15) is 0 Å². The van der Waals surface area contributed by atoms with Crippen LogP contribution in [0.15, 0.2) is 24.3 Å². The Morgan fingerprint density at radius 3 is 2.37 bits per heavy atom. The van der Waals surface area contributed by atoms with Crippen LogP contribution >= 0.6 is 37.2 Å². The van der Waals surface area contributed by atoms with Crippen LogP contribution in [0.1, 0.15) is 37.7 Å². The zero-order chi connectivity index (χ0) is 17.2. The molecule has 1 amide bonds. The van der Waals surface area contributed by atoms with E-state index in [0.29, 0.717) is 6.42 Å². The van der Waals surface area contributed by atoms with Gasteiger partial charge in [-0.15, -0.1) is 37.2 Å². The first-order valence-electron chi connectivity index (χ1n) is 9.17. The van der Waals surface area contributed by atoms with Gasteiger partial charge in [-0.05, 0) is 44.1 Å². The second kappa shape index (κ2) is 16.4. The van der Waals surface area contributed by atoms with Crippen LogP contribution in [0.2, 0.25) is 0 Å². The predicted octanol–water partition coefficient (Wildman–Crippen LogP) is 3.55. The molecule has 1 aromatic rings. The van der Waals surface area contributed by atoms with Crippen molar-refractivity contribution in [3.05, 3.63) is 29.8 Å². The highest BCUT2D eigenvalue weighted by Crippen LogP contribution is 2.14. The normalized spacial score (nSPS) is 14.4. The lowest BCUT2D eigenvalue weighted by Crippen LogP contribution is -2.43. The number of hydrogen-bond acceptors (Lipinski definition) is 4. The van der Waals surface area contributed by atoms with Crippen molar-refractivity contribution in [1.29, 1.82) is 0 Å². The molecule has 1 heterocycles. The van der Waals surface area contributed by atoms with Crippen LogP contribution < -0.4 is 11.1 Å². The molecule has 0 saturated carbocycles. The SMILES string of the molecule is CN1CCN(Cc2cccc(NC(=O)CCCCCCN)c2)CC1.Cl.Cl.Cl. The van der Waals surface area contributed by atoms with Gasteiger partial charge in [-0.3, -0.25) is 9.69 Å². The largest absolute Gasteiger partial charge is 0.330 e. The summed E-state index contributed by atoms with van der Waals surface area (Å²) in [6.07, 6.45) is 4.77. The lowest BCUT2D eigenvalue weighted by molar-refractivity contribution is -0.116. The number of anilines is 1. The first kappa shape index (κ1) is 28.6. The van der Waals surface area contributed by atoms with Gasteiger partial charge in [-0.25, -0.2) is 0 Å². The molecule has 0 radical (unpaired) electrons. The summed E-state index contributed by atoms with van der Waals surface area (Å²) in [6, 6.07) is 8.24. The molecule has 158 valence electrons. The van der Waals surface area contributed by atoms with Crippen molar-refractivity contribution in [2.24, 2.45) is 5.73 Å². The molecule has 0 spiro atoms. The zero-order valence-electron chi connectivity index (χ0n) is 16.2. The molecule has 0 unspecified atom stereocenters. The van der Waals surface area contributed by atoms with Crippen molar-refractivity contribution in [2.75, 3.05) is 45.1 Å². The number of benzene rings is 1. The van der Waals surface area contributed by atoms with Crippen molar-refractivity contribution < 1.29 is 4.79 Å². The van der Waals surface area contributed by atoms with Crippen LogP contribution in [0, 0.1) is 0 Å². The summed E-state index contributed by atoms with van der Waals surface area (Å²) in [5.74, 6) is 0.111. The number of nitrogens with zero attached hydrogens (tertiary/aromatic N) is 2. The second-order valence-corrected chi connectivity index (χ2v) is 6.78. The van der Waals surface area contributed by atoms with Gasteiger partial charge in [0.05, 0.1) is 0 Å². The van der Waals surface area contributed by atoms with Gasteiger partial charge in [0.15, 0.2) is 0 Å². The van der Waals surface area contributed by atoms with E-state index in [1.165, 1.54) is 5.56 Å². The van der Waals surface area contributed by atoms with Crippen molar-refractivity contribution in [3.8, 4) is 0 Å². The van der Waals surface area contributed by atoms with Crippen molar-refractivity contribution >= 4 is 48.8 Å². The Kier molecular flexibility index (Phi) is 17.4. The van der Waals surface area contributed by atoms with Gasteiger partial charge >= 0.3 is 0 Å². The Morgan fingerprint density at radius 1 is 1.04 bits per heavy atom. The highest BCUT2D eigenvalue weighted by atomic mass is 35.5. The second-order valence-electron chi connectivity index (χ2n) is 6.78. The smallest absolute Gasteiger partial charge is 0.224 e. The Balaban J connectivity index is 0. The highest BCUT2D eigenvalue weighted by Gasteiger charge is 2.14. The number of carbonyl (C=O) groups is 1. The molecule has 0 atom stereocenters. The van der Waals surface area contributed by atoms with E-state index in [1.54, 1.807) is 0 Å². The zero-order valence-corrected chi connectivity index (χ0v) is 18.6. The maximum Gasteiger partial charge on any atom is 0.224 e. The van der Waals surface area contributed by atoms with Crippen LogP contribution in [0.25, 0.3) is 0 Å². The van der Waals surface area contributed by atoms with E-state index in [1.807, 2.05) is 12.1 Å². The summed E-state index contributed by atoms with van der Waals surface area (Å²) in [7, 11) is 2.17. The molecular weight excluding hydrogens is 407 g/mol. The minimum atomic E-state index is 0. The van der Waals surface area contributed by atoms with E-state index in [-0.39, 0.29) is 43.1 Å². The third kappa shape index (κ3) is 11.8. The fourth-order valence-corrected chi connectivity index (χ4v) is 3.02. The molecule has 1 aromatic carbocycles. The summed E-state index contributed by atoms with van der Waals surface area (Å²) in [4.78, 5) is 16.9. The van der Waals surface area contributed by atoms with Gasteiger partial charge < -0.3 is 16.0 Å². The van der Waals surface area contributed by atoms with Crippen molar-refractivity contribution in [1.82, 2.24) is 9.80 Å². The monoisotopic (exact) mass is 440 g/mol. The topological polar surface area (TPSA) is 61.6 Å². The number of amides is 1. The van der Waals surface area contributed by atoms with Crippen LogP contribution in [0.3, 0.4) is 0 Å². The van der Waals surface area contributed by atoms with Gasteiger partial charge in [0.1, 0.15) is 0 Å². The van der Waals surface area contributed by atoms with Gasteiger partial charge in [-0.1, -0.05) is 25.0 Å². The maximum atomic E-state index is 12.0. The quantitative estimate of drug-likeness (QED) is 0.575. The lowest BCUT2D eigenvalue weighted by Gasteiger charge is -2.32. The lowest BCUT2D eigenvalue weighted by atomic mass is 10.1. The van der Waals surface area contributed by atoms with Crippen LogP contribution in [-0.4, -0.2) is 55.5 Å². The van der Waals surface area contributed by atoms with Gasteiger partial charge in [0, 0.05) is 44.8 Å². The number of hydrogen-bond donors (Lipinski definition) is 2. The molecule has 3 N–H and O–H groups in total. The first-order valence-corrected chi connectivity index (χ1v) is 9.17. The number of carbonyl (C=O) groups excluding carboxylic acids is 1. The molecule has 1 aliphatic heterocycles. The summed E-state index contributed by atoms with van der Waals surface area (Å²) in [5, 5.41) is 3.03. The molecule has 0 bridgehead atoms. The molecule has 8 heteroatoms. The summed E-state index contributed by atoms with van der Waals surface area (Å²) < 4.78 is 0. The number of piperazine rings is 1. The highest BCUT2D eigenvalue weighted by molar-refractivity contribution is 5.90. The average molecular weight is 442 g/mol. The molecule has 2 rings (SSSR count). The molecule has 5 nitrogen and oxygen atoms in total. The van der Waals surface area contributed by atoms with Gasteiger partial charge in [0.2, 0.25) is 5.91 Å². The average Bonchev–Trinajstić information content (AvgIpc) is 2.57. The van der Waals surface area contributed by atoms with E-state index in [2.05, 4.69) is 34.3 Å². The predicted molar refractivity (Wildman–Crippen MR) is 122 cm³/mol. The van der Waals surface area contributed by atoms with Crippen LogP contribution in [0.4, 0.5) is 5.69 Å². The summed E-state index contributed by atoms with van der Waals surface area (Å²) >= 11 is 0. The van der Waals surface area contributed by atoms with E-state index < -0.39 is 0 Å². The molecular formula is C19H35Cl3N4O. The van der Waals surface area contributed by atoms with E-state index >= 15 is 0 Å². The first-order chi connectivity index (χ1) is 11.7. The molecule has 0 aliphatic carbocycles. The van der Waals surface area contributed by atoms with Crippen molar-refractivity contribution in [2.45, 2.75) is 38.6 Å². The Labute approximate surface area is 182 Å². The third-order valence-electron chi connectivity index (χ3n) is 4.57. The molecule has 27 heavy (non-hydrogen) atoms. The molecule has 1 aliphatic rings. The number of likely N-dealkylation sites (N-methyl/N-ethyl adjacent to an activating group) is 1. The summed E-state index contributed by atoms with van der Waals surface area (Å²) in [6.45, 7) is 6.16. The van der Waals surface area contributed by atoms with Crippen LogP contribution in [-0.2, 0) is 11.3 Å². The third-order valence-corrected chi connectivity index (χ3v) is 4.57. The summed E-state index contributed by atoms with van der Waals surface area (Å²) in [5.41, 5.74) is 7.65. The minimum Gasteiger partial charge on any atom is -0.330 e. The number of nitrogens with one attached hydrogen (secondary N) is 1. The number of halogens is 3. The fraction of sp³-hybridized carbons (Fsp3) is 0.632.